The van der Waals surface area contributed by atoms with Gasteiger partial charge in [0.05, 0.1) is 6.04 Å². The van der Waals surface area contributed by atoms with Gasteiger partial charge >= 0.3 is 12.3 Å². The van der Waals surface area contributed by atoms with Crippen molar-refractivity contribution in [3.8, 4) is 22.6 Å². The maximum Gasteiger partial charge on any atom is 0.408 e. The minimum atomic E-state index is -4.39. The molecule has 0 radical (unpaired) electrons. The van der Waals surface area contributed by atoms with Gasteiger partial charge in [0, 0.05) is 41.5 Å². The highest BCUT2D eigenvalue weighted by atomic mass is 19.4. The predicted octanol–water partition coefficient (Wildman–Crippen LogP) is 5.51. The van der Waals surface area contributed by atoms with Crippen molar-refractivity contribution in [2.75, 3.05) is 6.61 Å². The lowest BCUT2D eigenvalue weighted by molar-refractivity contribution is -0.139. The molecule has 1 amide bonds. The summed E-state index contributed by atoms with van der Waals surface area (Å²) in [6.07, 6.45) is -3.74. The van der Waals surface area contributed by atoms with Gasteiger partial charge in [-0.25, -0.2) is 4.79 Å². The molecule has 31 heavy (non-hydrogen) atoms. The van der Waals surface area contributed by atoms with Crippen LogP contribution < -0.4 is 9.47 Å². The fourth-order valence-corrected chi connectivity index (χ4v) is 3.70. The SMILES string of the molecule is CC(C)(C)N(C(=O)O)C(CCC(F)(F)F)COc1ccc2c(c1)OCc1cnccc1-2. The van der Waals surface area contributed by atoms with E-state index in [9.17, 15) is 23.1 Å². The van der Waals surface area contributed by atoms with Crippen LogP contribution in [-0.4, -0.2) is 45.4 Å². The monoisotopic (exact) mass is 438 g/mol. The van der Waals surface area contributed by atoms with Crippen molar-refractivity contribution in [2.45, 2.75) is 58.0 Å². The molecule has 9 heteroatoms. The number of pyridine rings is 1. The fraction of sp³-hybridized carbons (Fsp3) is 0.455. The Morgan fingerprint density at radius 2 is 2.00 bits per heavy atom. The third kappa shape index (κ3) is 5.59. The van der Waals surface area contributed by atoms with Crippen molar-refractivity contribution in [3.63, 3.8) is 0 Å². The molecular formula is C22H25F3N2O4. The Kier molecular flexibility index (Phi) is 6.33. The number of halogens is 3. The molecule has 1 aromatic heterocycles. The van der Waals surface area contributed by atoms with Crippen LogP contribution >= 0.6 is 0 Å². The van der Waals surface area contributed by atoms with Crippen molar-refractivity contribution >= 4 is 6.09 Å². The molecule has 6 nitrogen and oxygen atoms in total. The Balaban J connectivity index is 1.79. The summed E-state index contributed by atoms with van der Waals surface area (Å²) in [5.41, 5.74) is 1.93. The number of benzene rings is 1. The number of carboxylic acid groups (broad SMARTS) is 1. The van der Waals surface area contributed by atoms with Gasteiger partial charge in [0.25, 0.3) is 0 Å². The predicted molar refractivity (Wildman–Crippen MR) is 108 cm³/mol. The number of ether oxygens (including phenoxy) is 2. The fourth-order valence-electron chi connectivity index (χ4n) is 3.70. The normalized spacial score (nSPS) is 14.1. The van der Waals surface area contributed by atoms with Crippen molar-refractivity contribution in [1.29, 1.82) is 0 Å². The standard InChI is InChI=1S/C22H25F3N2O4/c1-21(2,3)27(20(28)29)15(6-8-22(23,24)25)13-30-16-4-5-18-17-7-9-26-11-14(17)12-31-19(18)10-16/h4-5,7,9-11,15H,6,8,12-13H2,1-3H3,(H,28,29). The minimum absolute atomic E-state index is 0.209. The number of fused-ring (bicyclic) bond motifs is 3. The molecule has 0 saturated carbocycles. The van der Waals surface area contributed by atoms with E-state index < -0.39 is 36.7 Å². The largest absolute Gasteiger partial charge is 0.491 e. The first-order chi connectivity index (χ1) is 14.5. The number of aromatic nitrogens is 1. The van der Waals surface area contributed by atoms with Crippen molar-refractivity contribution < 1.29 is 32.5 Å². The third-order valence-corrected chi connectivity index (χ3v) is 5.03. The van der Waals surface area contributed by atoms with Gasteiger partial charge in [-0.3, -0.25) is 9.88 Å². The van der Waals surface area contributed by atoms with Gasteiger partial charge in [-0.15, -0.1) is 0 Å². The molecule has 3 rings (SSSR count). The average molecular weight is 438 g/mol. The number of amides is 1. The second-order valence-electron chi connectivity index (χ2n) is 8.42. The van der Waals surface area contributed by atoms with Crippen molar-refractivity contribution in [1.82, 2.24) is 9.88 Å². The summed E-state index contributed by atoms with van der Waals surface area (Å²) in [6, 6.07) is 6.09. The van der Waals surface area contributed by atoms with Crippen molar-refractivity contribution in [2.24, 2.45) is 0 Å². The molecule has 2 aromatic rings. The molecule has 0 fully saturated rings. The summed E-state index contributed by atoms with van der Waals surface area (Å²) >= 11 is 0. The van der Waals surface area contributed by atoms with E-state index in [1.807, 2.05) is 12.1 Å². The quantitative estimate of drug-likeness (QED) is 0.644. The van der Waals surface area contributed by atoms with E-state index in [4.69, 9.17) is 9.47 Å². The first-order valence-corrected chi connectivity index (χ1v) is 9.87. The summed E-state index contributed by atoms with van der Waals surface area (Å²) in [7, 11) is 0. The van der Waals surface area contributed by atoms with E-state index in [0.717, 1.165) is 21.6 Å². The number of carbonyl (C=O) groups is 1. The van der Waals surface area contributed by atoms with Crippen molar-refractivity contribution in [3.05, 3.63) is 42.2 Å². The number of alkyl halides is 3. The van der Waals surface area contributed by atoms with E-state index in [-0.39, 0.29) is 6.61 Å². The summed E-state index contributed by atoms with van der Waals surface area (Å²) in [4.78, 5) is 16.9. The van der Waals surface area contributed by atoms with E-state index in [1.165, 1.54) is 0 Å². The molecule has 0 aliphatic carbocycles. The molecule has 1 N–H and O–H groups in total. The smallest absolute Gasteiger partial charge is 0.408 e. The third-order valence-electron chi connectivity index (χ3n) is 5.03. The Labute approximate surface area is 178 Å². The maximum atomic E-state index is 12.8. The van der Waals surface area contributed by atoms with E-state index in [1.54, 1.807) is 45.3 Å². The van der Waals surface area contributed by atoms with Gasteiger partial charge in [0.15, 0.2) is 0 Å². The first kappa shape index (κ1) is 22.7. The average Bonchev–Trinajstić information content (AvgIpc) is 2.67. The maximum absolute atomic E-state index is 12.8. The molecule has 1 aliphatic rings. The van der Waals surface area contributed by atoms with Crippen LogP contribution in [0.15, 0.2) is 36.7 Å². The second kappa shape index (κ2) is 8.64. The Morgan fingerprint density at radius 3 is 2.65 bits per heavy atom. The molecule has 0 saturated heterocycles. The summed E-state index contributed by atoms with van der Waals surface area (Å²) in [5.74, 6) is 0.987. The number of rotatable bonds is 6. The van der Waals surface area contributed by atoms with E-state index in [2.05, 4.69) is 4.98 Å². The molecule has 2 heterocycles. The molecule has 168 valence electrons. The Bertz CT molecular complexity index is 941. The molecule has 1 aromatic carbocycles. The molecule has 1 unspecified atom stereocenters. The zero-order chi connectivity index (χ0) is 22.8. The zero-order valence-corrected chi connectivity index (χ0v) is 17.6. The van der Waals surface area contributed by atoms with Gasteiger partial charge in [-0.2, -0.15) is 13.2 Å². The summed E-state index contributed by atoms with van der Waals surface area (Å²) < 4.78 is 50.0. The molecule has 1 atom stereocenters. The highest BCUT2D eigenvalue weighted by Gasteiger charge is 2.37. The van der Waals surface area contributed by atoms with Gasteiger partial charge in [-0.05, 0) is 51.0 Å². The number of hydrogen-bond donors (Lipinski definition) is 1. The van der Waals surface area contributed by atoms with Crippen LogP contribution in [-0.2, 0) is 6.61 Å². The molecule has 0 bridgehead atoms. The topological polar surface area (TPSA) is 71.9 Å². The first-order valence-electron chi connectivity index (χ1n) is 9.87. The molecule has 1 aliphatic heterocycles. The zero-order valence-electron chi connectivity index (χ0n) is 17.6. The lowest BCUT2D eigenvalue weighted by Gasteiger charge is -2.39. The van der Waals surface area contributed by atoms with Gasteiger partial charge in [0.2, 0.25) is 0 Å². The van der Waals surface area contributed by atoms with Crippen LogP contribution in [0, 0.1) is 0 Å². The summed E-state index contributed by atoms with van der Waals surface area (Å²) in [6.45, 7) is 5.06. The van der Waals surface area contributed by atoms with Crippen LogP contribution in [0.25, 0.3) is 11.1 Å². The molecular weight excluding hydrogens is 413 g/mol. The van der Waals surface area contributed by atoms with E-state index in [0.29, 0.717) is 18.1 Å². The lowest BCUT2D eigenvalue weighted by atomic mass is 9.99. The van der Waals surface area contributed by atoms with Crippen LogP contribution in [0.2, 0.25) is 0 Å². The van der Waals surface area contributed by atoms with Gasteiger partial charge in [-0.1, -0.05) is 0 Å². The highest BCUT2D eigenvalue weighted by Crippen LogP contribution is 2.39. The number of nitrogens with zero attached hydrogens (tertiary/aromatic N) is 2. The molecule has 0 spiro atoms. The van der Waals surface area contributed by atoms with Crippen LogP contribution in [0.1, 0.15) is 39.2 Å². The van der Waals surface area contributed by atoms with Gasteiger partial charge < -0.3 is 14.6 Å². The summed E-state index contributed by atoms with van der Waals surface area (Å²) in [5, 5.41) is 9.62. The minimum Gasteiger partial charge on any atom is -0.491 e. The Hall–Kier alpha value is -2.97. The van der Waals surface area contributed by atoms with Gasteiger partial charge in [0.1, 0.15) is 24.7 Å². The lowest BCUT2D eigenvalue weighted by Crippen LogP contribution is -2.53. The number of hydrogen-bond acceptors (Lipinski definition) is 4. The van der Waals surface area contributed by atoms with Crippen LogP contribution in [0.5, 0.6) is 11.5 Å². The highest BCUT2D eigenvalue weighted by molar-refractivity contribution is 5.75. The Morgan fingerprint density at radius 1 is 1.26 bits per heavy atom. The van der Waals surface area contributed by atoms with Crippen LogP contribution in [0.4, 0.5) is 18.0 Å². The van der Waals surface area contributed by atoms with Crippen LogP contribution in [0.3, 0.4) is 0 Å². The van der Waals surface area contributed by atoms with E-state index >= 15 is 0 Å². The second-order valence-corrected chi connectivity index (χ2v) is 8.42.